The van der Waals surface area contributed by atoms with Gasteiger partial charge in [0.05, 0.1) is 12.5 Å². The number of carboxylic acid groups (broad SMARTS) is 1. The molecule has 4 atom stereocenters. The highest BCUT2D eigenvalue weighted by atomic mass is 32.2. The van der Waals surface area contributed by atoms with E-state index in [4.69, 9.17) is 17.2 Å². The van der Waals surface area contributed by atoms with Crippen molar-refractivity contribution in [3.05, 3.63) is 36.0 Å². The van der Waals surface area contributed by atoms with Crippen molar-refractivity contribution in [2.45, 2.75) is 62.7 Å². The summed E-state index contributed by atoms with van der Waals surface area (Å²) in [7, 11) is 0. The van der Waals surface area contributed by atoms with Crippen LogP contribution in [0.3, 0.4) is 0 Å². The van der Waals surface area contributed by atoms with Crippen LogP contribution in [0.1, 0.15) is 37.7 Å². The van der Waals surface area contributed by atoms with Gasteiger partial charge in [-0.3, -0.25) is 19.2 Å². The van der Waals surface area contributed by atoms with Gasteiger partial charge in [-0.25, -0.2) is 4.79 Å². The Kier molecular flexibility index (Phi) is 13.4. The first-order valence-electron chi connectivity index (χ1n) is 13.0. The summed E-state index contributed by atoms with van der Waals surface area (Å²) in [6, 6.07) is 3.03. The number of hydrogen-bond acceptors (Lipinski definition) is 8. The van der Waals surface area contributed by atoms with Gasteiger partial charge in [-0.1, -0.05) is 18.2 Å². The number of aromatic amines is 1. The number of unbranched alkanes of at least 4 members (excludes halogenated alkanes) is 1. The second kappa shape index (κ2) is 16.5. The standard InChI is InChI=1S/C26H39N7O6S/c1-40-11-9-20(25(37)33-21(26(38)39)13-22(29)34)32-24(36)19(8-4-5-10-27)31-23(35)17(28)12-15-14-30-18-7-3-2-6-16(15)18/h2-3,6-7,14,17,19-21,30H,4-5,8-13,27-28H2,1H3,(H2,29,34)(H,31,35)(H,32,36)(H,33,37)(H,38,39). The van der Waals surface area contributed by atoms with Crippen LogP contribution in [0.2, 0.25) is 0 Å². The van der Waals surface area contributed by atoms with E-state index in [1.165, 1.54) is 11.8 Å². The van der Waals surface area contributed by atoms with Gasteiger partial charge in [-0.05, 0) is 62.3 Å². The lowest BCUT2D eigenvalue weighted by molar-refractivity contribution is -0.143. The molecule has 14 heteroatoms. The maximum absolute atomic E-state index is 13.3. The lowest BCUT2D eigenvalue weighted by atomic mass is 10.0. The number of aliphatic carboxylic acids is 1. The quantitative estimate of drug-likeness (QED) is 0.105. The summed E-state index contributed by atoms with van der Waals surface area (Å²) in [6.07, 6.45) is 4.84. The molecule has 11 N–H and O–H groups in total. The average Bonchev–Trinajstić information content (AvgIpc) is 3.32. The van der Waals surface area contributed by atoms with Crippen molar-refractivity contribution in [2.75, 3.05) is 18.6 Å². The van der Waals surface area contributed by atoms with E-state index in [-0.39, 0.29) is 19.3 Å². The molecule has 0 radical (unpaired) electrons. The van der Waals surface area contributed by atoms with Crippen LogP contribution < -0.4 is 33.2 Å². The molecular formula is C26H39N7O6S. The van der Waals surface area contributed by atoms with E-state index in [0.717, 1.165) is 16.5 Å². The number of para-hydroxylation sites is 1. The van der Waals surface area contributed by atoms with Crippen molar-refractivity contribution in [3.63, 3.8) is 0 Å². The molecule has 0 aliphatic rings. The topological polar surface area (TPSA) is 236 Å². The van der Waals surface area contributed by atoms with Crippen LogP contribution in [0.25, 0.3) is 10.9 Å². The number of thioether (sulfide) groups is 1. The van der Waals surface area contributed by atoms with E-state index in [2.05, 4.69) is 20.9 Å². The maximum Gasteiger partial charge on any atom is 0.326 e. The minimum absolute atomic E-state index is 0.186. The number of H-pyrrole nitrogens is 1. The zero-order chi connectivity index (χ0) is 29.7. The Balaban J connectivity index is 2.13. The molecule has 4 unspecified atom stereocenters. The Morgan fingerprint density at radius 2 is 1.57 bits per heavy atom. The minimum Gasteiger partial charge on any atom is -0.480 e. The van der Waals surface area contributed by atoms with Crippen molar-refractivity contribution in [3.8, 4) is 0 Å². The highest BCUT2D eigenvalue weighted by molar-refractivity contribution is 7.98. The maximum atomic E-state index is 13.3. The summed E-state index contributed by atoms with van der Waals surface area (Å²) in [4.78, 5) is 65.0. The van der Waals surface area contributed by atoms with E-state index >= 15 is 0 Å². The van der Waals surface area contributed by atoms with Crippen molar-refractivity contribution in [1.82, 2.24) is 20.9 Å². The van der Waals surface area contributed by atoms with Crippen molar-refractivity contribution in [1.29, 1.82) is 0 Å². The van der Waals surface area contributed by atoms with E-state index in [1.807, 2.05) is 30.5 Å². The molecule has 0 aliphatic heterocycles. The normalized spacial score (nSPS) is 14.1. The molecule has 0 saturated heterocycles. The number of rotatable bonds is 18. The lowest BCUT2D eigenvalue weighted by Crippen LogP contribution is -2.57. The predicted octanol–water partition coefficient (Wildman–Crippen LogP) is -0.666. The van der Waals surface area contributed by atoms with Crippen LogP contribution in [0, 0.1) is 0 Å². The molecule has 2 rings (SSSR count). The second-order valence-corrected chi connectivity index (χ2v) is 10.4. The third-order valence-electron chi connectivity index (χ3n) is 6.29. The first kappa shape index (κ1) is 32.6. The van der Waals surface area contributed by atoms with E-state index in [9.17, 15) is 29.1 Å². The molecule has 1 aromatic carbocycles. The molecule has 0 aliphatic carbocycles. The molecule has 13 nitrogen and oxygen atoms in total. The van der Waals surface area contributed by atoms with Crippen molar-refractivity contribution >= 4 is 52.3 Å². The van der Waals surface area contributed by atoms with Gasteiger partial charge in [0, 0.05) is 17.1 Å². The molecule has 40 heavy (non-hydrogen) atoms. The minimum atomic E-state index is -1.54. The molecule has 0 fully saturated rings. The summed E-state index contributed by atoms with van der Waals surface area (Å²) in [5.41, 5.74) is 18.7. The Morgan fingerprint density at radius 3 is 2.20 bits per heavy atom. The summed E-state index contributed by atoms with van der Waals surface area (Å²) in [6.45, 7) is 0.400. The number of fused-ring (bicyclic) bond motifs is 1. The number of hydrogen-bond donors (Lipinski definition) is 8. The molecule has 2 aromatic rings. The van der Waals surface area contributed by atoms with Gasteiger partial charge >= 0.3 is 5.97 Å². The fourth-order valence-corrected chi connectivity index (χ4v) is 4.59. The monoisotopic (exact) mass is 577 g/mol. The van der Waals surface area contributed by atoms with Crippen LogP contribution in [0.5, 0.6) is 0 Å². The Hall–Kier alpha value is -3.62. The summed E-state index contributed by atoms with van der Waals surface area (Å²) in [5, 5.41) is 17.9. The van der Waals surface area contributed by atoms with E-state index < -0.39 is 60.2 Å². The fourth-order valence-electron chi connectivity index (χ4n) is 4.12. The van der Waals surface area contributed by atoms with Gasteiger partial charge < -0.3 is 43.2 Å². The Bertz CT molecular complexity index is 1170. The zero-order valence-electron chi connectivity index (χ0n) is 22.5. The number of amides is 4. The van der Waals surface area contributed by atoms with Crippen LogP contribution >= 0.6 is 11.8 Å². The lowest BCUT2D eigenvalue weighted by Gasteiger charge is -2.25. The smallest absolute Gasteiger partial charge is 0.326 e. The number of nitrogens with one attached hydrogen (secondary N) is 4. The number of carbonyl (C=O) groups excluding carboxylic acids is 4. The van der Waals surface area contributed by atoms with Gasteiger partial charge in [0.2, 0.25) is 23.6 Å². The largest absolute Gasteiger partial charge is 0.480 e. The first-order valence-corrected chi connectivity index (χ1v) is 14.4. The summed E-state index contributed by atoms with van der Waals surface area (Å²) < 4.78 is 0. The number of carboxylic acids is 1. The first-order chi connectivity index (χ1) is 19.1. The van der Waals surface area contributed by atoms with Gasteiger partial charge in [0.1, 0.15) is 18.1 Å². The third kappa shape index (κ3) is 10.2. The van der Waals surface area contributed by atoms with Crippen LogP contribution in [-0.4, -0.2) is 82.4 Å². The summed E-state index contributed by atoms with van der Waals surface area (Å²) >= 11 is 1.43. The highest BCUT2D eigenvalue weighted by Gasteiger charge is 2.30. The number of carbonyl (C=O) groups is 5. The summed E-state index contributed by atoms with van der Waals surface area (Å²) in [5.74, 6) is -3.78. The van der Waals surface area contributed by atoms with E-state index in [1.54, 1.807) is 6.20 Å². The SMILES string of the molecule is CSCCC(NC(=O)C(CCCCN)NC(=O)C(N)Cc1c[nH]c2ccccc12)C(=O)NC(CC(N)=O)C(=O)O. The second-order valence-electron chi connectivity index (χ2n) is 9.43. The number of benzene rings is 1. The molecule has 0 bridgehead atoms. The fraction of sp³-hybridized carbons (Fsp3) is 0.500. The van der Waals surface area contributed by atoms with Crippen LogP contribution in [0.15, 0.2) is 30.5 Å². The number of aromatic nitrogens is 1. The van der Waals surface area contributed by atoms with E-state index in [0.29, 0.717) is 25.1 Å². The number of primary amides is 1. The molecule has 0 saturated carbocycles. The Labute approximate surface area is 236 Å². The molecule has 1 aromatic heterocycles. The van der Waals surface area contributed by atoms with Gasteiger partial charge in [0.15, 0.2) is 0 Å². The van der Waals surface area contributed by atoms with Gasteiger partial charge in [-0.15, -0.1) is 0 Å². The third-order valence-corrected chi connectivity index (χ3v) is 6.94. The van der Waals surface area contributed by atoms with Crippen molar-refractivity contribution < 1.29 is 29.1 Å². The van der Waals surface area contributed by atoms with Gasteiger partial charge in [-0.2, -0.15) is 11.8 Å². The molecule has 1 heterocycles. The predicted molar refractivity (Wildman–Crippen MR) is 153 cm³/mol. The Morgan fingerprint density at radius 1 is 0.950 bits per heavy atom. The van der Waals surface area contributed by atoms with Crippen LogP contribution in [0.4, 0.5) is 0 Å². The molecule has 0 spiro atoms. The molecule has 4 amide bonds. The van der Waals surface area contributed by atoms with Crippen molar-refractivity contribution in [2.24, 2.45) is 17.2 Å². The zero-order valence-corrected chi connectivity index (χ0v) is 23.3. The highest BCUT2D eigenvalue weighted by Crippen LogP contribution is 2.19. The van der Waals surface area contributed by atoms with Crippen LogP contribution in [-0.2, 0) is 30.4 Å². The molecule has 220 valence electrons. The molecular weight excluding hydrogens is 538 g/mol. The average molecular weight is 578 g/mol. The number of nitrogens with two attached hydrogens (primary N) is 3. The van der Waals surface area contributed by atoms with Gasteiger partial charge in [0.25, 0.3) is 0 Å².